The van der Waals surface area contributed by atoms with Crippen molar-refractivity contribution in [3.05, 3.63) is 59.7 Å². The molecule has 4 nitrogen and oxygen atoms in total. The normalized spacial score (nSPS) is 13.0. The topological polar surface area (TPSA) is 68.1 Å². The Morgan fingerprint density at radius 1 is 1.19 bits per heavy atom. The average Bonchev–Trinajstić information content (AvgIpc) is 2.99. The van der Waals surface area contributed by atoms with Gasteiger partial charge in [0.2, 0.25) is 0 Å². The molecule has 1 aromatic heterocycles. The van der Waals surface area contributed by atoms with Gasteiger partial charge in [0.1, 0.15) is 6.04 Å². The van der Waals surface area contributed by atoms with E-state index in [0.29, 0.717) is 16.8 Å². The van der Waals surface area contributed by atoms with Gasteiger partial charge in [0, 0.05) is 23.0 Å². The highest BCUT2D eigenvalue weighted by molar-refractivity contribution is 5.91. The SMILES string of the molecule is COC(=O)[C@@H](N)Cc1c(-c2cccc(C(F)(F)F)c2)[nH]c2ccccc12. The van der Waals surface area contributed by atoms with Crippen molar-refractivity contribution in [3.63, 3.8) is 0 Å². The average molecular weight is 362 g/mol. The molecule has 0 aliphatic rings. The zero-order valence-electron chi connectivity index (χ0n) is 13.9. The third-order valence-corrected chi connectivity index (χ3v) is 4.22. The highest BCUT2D eigenvalue weighted by atomic mass is 19.4. The number of ether oxygens (including phenoxy) is 1. The van der Waals surface area contributed by atoms with Crippen LogP contribution in [0.5, 0.6) is 0 Å². The number of benzene rings is 2. The van der Waals surface area contributed by atoms with Crippen molar-refractivity contribution in [1.29, 1.82) is 0 Å². The molecule has 0 saturated heterocycles. The first-order chi connectivity index (χ1) is 12.3. The summed E-state index contributed by atoms with van der Waals surface area (Å²) in [6, 6.07) is 11.4. The van der Waals surface area contributed by atoms with Gasteiger partial charge in [-0.1, -0.05) is 30.3 Å². The van der Waals surface area contributed by atoms with Gasteiger partial charge in [0.05, 0.1) is 12.7 Å². The van der Waals surface area contributed by atoms with Gasteiger partial charge in [0.15, 0.2) is 0 Å². The Balaban J connectivity index is 2.14. The fourth-order valence-electron chi connectivity index (χ4n) is 2.96. The lowest BCUT2D eigenvalue weighted by atomic mass is 9.98. The quantitative estimate of drug-likeness (QED) is 0.692. The van der Waals surface area contributed by atoms with Gasteiger partial charge in [-0.05, 0) is 29.3 Å². The molecule has 3 N–H and O–H groups in total. The van der Waals surface area contributed by atoms with Crippen molar-refractivity contribution >= 4 is 16.9 Å². The van der Waals surface area contributed by atoms with E-state index in [2.05, 4.69) is 9.72 Å². The van der Waals surface area contributed by atoms with Gasteiger partial charge in [-0.3, -0.25) is 4.79 Å². The van der Waals surface area contributed by atoms with Crippen LogP contribution in [0.2, 0.25) is 0 Å². The highest BCUT2D eigenvalue weighted by Gasteiger charge is 2.31. The highest BCUT2D eigenvalue weighted by Crippen LogP contribution is 2.35. The molecule has 3 rings (SSSR count). The number of halogens is 3. The van der Waals surface area contributed by atoms with Crippen molar-refractivity contribution in [3.8, 4) is 11.3 Å². The Labute approximate surface area is 147 Å². The number of nitrogens with two attached hydrogens (primary N) is 1. The number of aromatic amines is 1. The maximum Gasteiger partial charge on any atom is 0.416 e. The second-order valence-electron chi connectivity index (χ2n) is 5.94. The molecule has 0 amide bonds. The van der Waals surface area contributed by atoms with Crippen LogP contribution >= 0.6 is 0 Å². The number of rotatable bonds is 4. The number of esters is 1. The predicted octanol–water partition coefficient (Wildman–Crippen LogP) is 3.90. The second-order valence-corrected chi connectivity index (χ2v) is 5.94. The van der Waals surface area contributed by atoms with E-state index in [1.807, 2.05) is 24.3 Å². The van der Waals surface area contributed by atoms with Gasteiger partial charge >= 0.3 is 12.1 Å². The van der Waals surface area contributed by atoms with Crippen LogP contribution in [0.1, 0.15) is 11.1 Å². The number of H-pyrrole nitrogens is 1. The maximum absolute atomic E-state index is 13.1. The van der Waals surface area contributed by atoms with E-state index in [4.69, 9.17) is 5.73 Å². The molecule has 7 heteroatoms. The molecule has 0 saturated carbocycles. The van der Waals surface area contributed by atoms with Crippen LogP contribution in [0.3, 0.4) is 0 Å². The molecule has 26 heavy (non-hydrogen) atoms. The summed E-state index contributed by atoms with van der Waals surface area (Å²) in [6.07, 6.45) is -4.30. The summed E-state index contributed by atoms with van der Waals surface area (Å²) >= 11 is 0. The van der Waals surface area contributed by atoms with Crippen molar-refractivity contribution in [2.75, 3.05) is 7.11 Å². The minimum absolute atomic E-state index is 0.141. The molecule has 0 radical (unpaired) electrons. The fraction of sp³-hybridized carbons (Fsp3) is 0.211. The van der Waals surface area contributed by atoms with Gasteiger partial charge in [-0.15, -0.1) is 0 Å². The monoisotopic (exact) mass is 362 g/mol. The Bertz CT molecular complexity index is 947. The minimum atomic E-state index is -4.44. The first kappa shape index (κ1) is 18.0. The number of hydrogen-bond donors (Lipinski definition) is 2. The Hall–Kier alpha value is -2.80. The third kappa shape index (κ3) is 3.43. The summed E-state index contributed by atoms with van der Waals surface area (Å²) in [7, 11) is 1.24. The number of carbonyl (C=O) groups is 1. The van der Waals surface area contributed by atoms with E-state index >= 15 is 0 Å². The van der Waals surface area contributed by atoms with Gasteiger partial charge in [0.25, 0.3) is 0 Å². The van der Waals surface area contributed by atoms with Gasteiger partial charge < -0.3 is 15.5 Å². The first-order valence-corrected chi connectivity index (χ1v) is 7.92. The smallest absolute Gasteiger partial charge is 0.416 e. The zero-order chi connectivity index (χ0) is 18.9. The van der Waals surface area contributed by atoms with Crippen molar-refractivity contribution in [1.82, 2.24) is 4.98 Å². The van der Waals surface area contributed by atoms with E-state index in [-0.39, 0.29) is 6.42 Å². The lowest BCUT2D eigenvalue weighted by Crippen LogP contribution is -2.33. The number of alkyl halides is 3. The van der Waals surface area contributed by atoms with Crippen molar-refractivity contribution in [2.45, 2.75) is 18.6 Å². The van der Waals surface area contributed by atoms with Crippen molar-refractivity contribution in [2.24, 2.45) is 5.73 Å². The lowest BCUT2D eigenvalue weighted by molar-refractivity contribution is -0.142. The summed E-state index contributed by atoms with van der Waals surface area (Å²) < 4.78 is 43.8. The van der Waals surface area contributed by atoms with E-state index in [0.717, 1.165) is 23.0 Å². The zero-order valence-corrected chi connectivity index (χ0v) is 13.9. The number of nitrogens with one attached hydrogen (secondary N) is 1. The van der Waals surface area contributed by atoms with Gasteiger partial charge in [-0.25, -0.2) is 0 Å². The number of carbonyl (C=O) groups excluding carboxylic acids is 1. The molecular weight excluding hydrogens is 345 g/mol. The molecule has 1 atom stereocenters. The van der Waals surface area contributed by atoms with Crippen LogP contribution < -0.4 is 5.73 Å². The number of aromatic nitrogens is 1. The third-order valence-electron chi connectivity index (χ3n) is 4.22. The molecule has 0 fully saturated rings. The molecule has 0 bridgehead atoms. The number of fused-ring (bicyclic) bond motifs is 1. The maximum atomic E-state index is 13.1. The van der Waals surface area contributed by atoms with E-state index in [1.54, 1.807) is 6.07 Å². The summed E-state index contributed by atoms with van der Waals surface area (Å²) in [6.45, 7) is 0. The molecule has 3 aromatic rings. The predicted molar refractivity (Wildman–Crippen MR) is 92.4 cm³/mol. The van der Waals surface area contributed by atoms with E-state index in [1.165, 1.54) is 13.2 Å². The second kappa shape index (κ2) is 6.84. The van der Waals surface area contributed by atoms with Crippen LogP contribution in [0, 0.1) is 0 Å². The lowest BCUT2D eigenvalue weighted by Gasteiger charge is -2.12. The minimum Gasteiger partial charge on any atom is -0.468 e. The fourth-order valence-corrected chi connectivity index (χ4v) is 2.96. The molecule has 0 unspecified atom stereocenters. The summed E-state index contributed by atoms with van der Waals surface area (Å²) in [5.41, 5.74) is 7.47. The standard InChI is InChI=1S/C19H17F3N2O2/c1-26-18(25)15(23)10-14-13-7-2-3-8-16(13)24-17(14)11-5-4-6-12(9-11)19(20,21)22/h2-9,15,24H,10,23H2,1H3/t15-/m0/s1. The first-order valence-electron chi connectivity index (χ1n) is 7.92. The molecule has 0 aliphatic carbocycles. The van der Waals surface area contributed by atoms with Crippen LogP contribution in [0.25, 0.3) is 22.2 Å². The molecular formula is C19H17F3N2O2. The summed E-state index contributed by atoms with van der Waals surface area (Å²) in [5, 5.41) is 0.805. The largest absolute Gasteiger partial charge is 0.468 e. The molecule has 0 spiro atoms. The Morgan fingerprint density at radius 2 is 1.92 bits per heavy atom. The van der Waals surface area contributed by atoms with Gasteiger partial charge in [-0.2, -0.15) is 13.2 Å². The number of hydrogen-bond acceptors (Lipinski definition) is 3. The Kier molecular flexibility index (Phi) is 4.73. The van der Waals surface area contributed by atoms with Crippen molar-refractivity contribution < 1.29 is 22.7 Å². The summed E-state index contributed by atoms with van der Waals surface area (Å²) in [4.78, 5) is 14.8. The summed E-state index contributed by atoms with van der Waals surface area (Å²) in [5.74, 6) is -0.578. The van der Waals surface area contributed by atoms with E-state index in [9.17, 15) is 18.0 Å². The molecule has 1 heterocycles. The van der Waals surface area contributed by atoms with Crippen LogP contribution in [0.4, 0.5) is 13.2 Å². The van der Waals surface area contributed by atoms with Crippen LogP contribution in [0.15, 0.2) is 48.5 Å². The van der Waals surface area contributed by atoms with E-state index < -0.39 is 23.8 Å². The number of para-hydroxylation sites is 1. The molecule has 2 aromatic carbocycles. The van der Waals surface area contributed by atoms with Crippen LogP contribution in [-0.2, 0) is 22.1 Å². The molecule has 136 valence electrons. The molecule has 0 aliphatic heterocycles. The van der Waals surface area contributed by atoms with Crippen LogP contribution in [-0.4, -0.2) is 24.1 Å². The Morgan fingerprint density at radius 3 is 2.62 bits per heavy atom. The number of methoxy groups -OCH3 is 1.